The van der Waals surface area contributed by atoms with Gasteiger partial charge in [0.1, 0.15) is 0 Å². The van der Waals surface area contributed by atoms with Crippen molar-refractivity contribution >= 4 is 23.5 Å². The first-order chi connectivity index (χ1) is 7.97. The van der Waals surface area contributed by atoms with Gasteiger partial charge in [-0.25, -0.2) is 0 Å². The van der Waals surface area contributed by atoms with Crippen molar-refractivity contribution in [1.29, 1.82) is 0 Å². The highest BCUT2D eigenvalue weighted by atomic mass is 35.5. The van der Waals surface area contributed by atoms with E-state index in [1.807, 2.05) is 12.1 Å². The summed E-state index contributed by atoms with van der Waals surface area (Å²) in [7, 11) is 0. The SMILES string of the molecule is CC(=O)N[C@@H](CC(=O)O)Cc1ccc(Cl)cc1. The van der Waals surface area contributed by atoms with E-state index in [1.165, 1.54) is 6.92 Å². The van der Waals surface area contributed by atoms with Crippen LogP contribution in [0, 0.1) is 0 Å². The van der Waals surface area contributed by atoms with Crippen LogP contribution in [0.4, 0.5) is 0 Å². The number of benzene rings is 1. The first-order valence-electron chi connectivity index (χ1n) is 5.20. The van der Waals surface area contributed by atoms with Gasteiger partial charge in [-0.05, 0) is 24.1 Å². The van der Waals surface area contributed by atoms with E-state index in [0.717, 1.165) is 5.56 Å². The Morgan fingerprint density at radius 1 is 1.35 bits per heavy atom. The van der Waals surface area contributed by atoms with Crippen molar-refractivity contribution in [2.45, 2.75) is 25.8 Å². The van der Waals surface area contributed by atoms with Gasteiger partial charge in [0.25, 0.3) is 0 Å². The zero-order valence-corrected chi connectivity index (χ0v) is 10.2. The Balaban J connectivity index is 2.67. The molecule has 0 aromatic heterocycles. The summed E-state index contributed by atoms with van der Waals surface area (Å²) in [6, 6.07) is 6.72. The van der Waals surface area contributed by atoms with Crippen LogP contribution in [-0.2, 0) is 16.0 Å². The third kappa shape index (κ3) is 5.36. The first kappa shape index (κ1) is 13.5. The third-order valence-electron chi connectivity index (χ3n) is 2.22. The predicted molar refractivity (Wildman–Crippen MR) is 65.0 cm³/mol. The number of hydrogen-bond acceptors (Lipinski definition) is 2. The van der Waals surface area contributed by atoms with E-state index in [2.05, 4.69) is 5.32 Å². The molecule has 0 spiro atoms. The molecule has 0 radical (unpaired) electrons. The zero-order chi connectivity index (χ0) is 12.8. The summed E-state index contributed by atoms with van der Waals surface area (Å²) in [4.78, 5) is 21.6. The molecule has 0 unspecified atom stereocenters. The minimum Gasteiger partial charge on any atom is -0.481 e. The van der Waals surface area contributed by atoms with E-state index in [-0.39, 0.29) is 12.3 Å². The Kier molecular flexibility index (Phi) is 4.97. The molecule has 0 saturated heterocycles. The summed E-state index contributed by atoms with van der Waals surface area (Å²) in [5, 5.41) is 12.0. The lowest BCUT2D eigenvalue weighted by atomic mass is 10.0. The van der Waals surface area contributed by atoms with Crippen molar-refractivity contribution in [2.24, 2.45) is 0 Å². The van der Waals surface area contributed by atoms with Crippen molar-refractivity contribution in [3.05, 3.63) is 34.9 Å². The average molecular weight is 256 g/mol. The Bertz CT molecular complexity index is 387. The molecule has 4 nitrogen and oxygen atoms in total. The highest BCUT2D eigenvalue weighted by Crippen LogP contribution is 2.12. The summed E-state index contributed by atoms with van der Waals surface area (Å²) in [5.74, 6) is -1.16. The molecule has 0 aliphatic carbocycles. The highest BCUT2D eigenvalue weighted by molar-refractivity contribution is 6.30. The van der Waals surface area contributed by atoms with Gasteiger partial charge in [0.05, 0.1) is 6.42 Å². The molecule has 17 heavy (non-hydrogen) atoms. The molecule has 1 rings (SSSR count). The Morgan fingerprint density at radius 3 is 2.41 bits per heavy atom. The van der Waals surface area contributed by atoms with Gasteiger partial charge >= 0.3 is 5.97 Å². The molecule has 0 bridgehead atoms. The lowest BCUT2D eigenvalue weighted by Crippen LogP contribution is -2.36. The van der Waals surface area contributed by atoms with Gasteiger partial charge in [-0.15, -0.1) is 0 Å². The van der Waals surface area contributed by atoms with Gasteiger partial charge < -0.3 is 10.4 Å². The van der Waals surface area contributed by atoms with Crippen LogP contribution in [0.1, 0.15) is 18.9 Å². The monoisotopic (exact) mass is 255 g/mol. The second-order valence-corrected chi connectivity index (χ2v) is 4.26. The van der Waals surface area contributed by atoms with Gasteiger partial charge in [-0.2, -0.15) is 0 Å². The van der Waals surface area contributed by atoms with Crippen LogP contribution in [0.2, 0.25) is 5.02 Å². The van der Waals surface area contributed by atoms with E-state index in [1.54, 1.807) is 12.1 Å². The molecule has 1 aromatic rings. The van der Waals surface area contributed by atoms with E-state index in [0.29, 0.717) is 11.4 Å². The quantitative estimate of drug-likeness (QED) is 0.844. The lowest BCUT2D eigenvalue weighted by molar-refractivity contribution is -0.137. The second-order valence-electron chi connectivity index (χ2n) is 3.83. The molecule has 1 amide bonds. The largest absolute Gasteiger partial charge is 0.481 e. The Hall–Kier alpha value is -1.55. The zero-order valence-electron chi connectivity index (χ0n) is 9.44. The lowest BCUT2D eigenvalue weighted by Gasteiger charge is -2.15. The fourth-order valence-corrected chi connectivity index (χ4v) is 1.70. The van der Waals surface area contributed by atoms with Crippen LogP contribution in [0.5, 0.6) is 0 Å². The van der Waals surface area contributed by atoms with Crippen LogP contribution in [0.25, 0.3) is 0 Å². The minimum absolute atomic E-state index is 0.0950. The molecule has 1 atom stereocenters. The second kappa shape index (κ2) is 6.25. The van der Waals surface area contributed by atoms with Crippen molar-refractivity contribution < 1.29 is 14.7 Å². The van der Waals surface area contributed by atoms with E-state index < -0.39 is 12.0 Å². The summed E-state index contributed by atoms with van der Waals surface area (Å²) >= 11 is 5.75. The number of aliphatic carboxylic acids is 1. The van der Waals surface area contributed by atoms with Crippen molar-refractivity contribution in [3.8, 4) is 0 Å². The third-order valence-corrected chi connectivity index (χ3v) is 2.48. The van der Waals surface area contributed by atoms with E-state index >= 15 is 0 Å². The number of carbonyl (C=O) groups is 2. The summed E-state index contributed by atoms with van der Waals surface area (Å²) in [5.41, 5.74) is 0.939. The number of carboxylic acids is 1. The Labute approximate surface area is 105 Å². The molecular formula is C12H14ClNO3. The fourth-order valence-electron chi connectivity index (χ4n) is 1.58. The maximum atomic E-state index is 11.0. The number of nitrogens with one attached hydrogen (secondary N) is 1. The number of carbonyl (C=O) groups excluding carboxylic acids is 1. The van der Waals surface area contributed by atoms with Crippen LogP contribution in [-0.4, -0.2) is 23.0 Å². The van der Waals surface area contributed by atoms with Gasteiger partial charge in [-0.3, -0.25) is 9.59 Å². The van der Waals surface area contributed by atoms with Gasteiger partial charge in [0.15, 0.2) is 0 Å². The standard InChI is InChI=1S/C12H14ClNO3/c1-8(15)14-11(7-12(16)17)6-9-2-4-10(13)5-3-9/h2-5,11H,6-7H2,1H3,(H,14,15)(H,16,17)/t11-/m1/s1. The normalized spacial score (nSPS) is 11.9. The molecule has 0 heterocycles. The van der Waals surface area contributed by atoms with Gasteiger partial charge in [0.2, 0.25) is 5.91 Å². The summed E-state index contributed by atoms with van der Waals surface area (Å²) < 4.78 is 0. The predicted octanol–water partition coefficient (Wildman–Crippen LogP) is 1.86. The van der Waals surface area contributed by atoms with Crippen LogP contribution in [0.3, 0.4) is 0 Å². The number of halogens is 1. The molecule has 0 fully saturated rings. The Morgan fingerprint density at radius 2 is 1.94 bits per heavy atom. The molecule has 1 aromatic carbocycles. The highest BCUT2D eigenvalue weighted by Gasteiger charge is 2.14. The topological polar surface area (TPSA) is 66.4 Å². The molecular weight excluding hydrogens is 242 g/mol. The summed E-state index contributed by atoms with van der Waals surface area (Å²) in [6.07, 6.45) is 0.380. The van der Waals surface area contributed by atoms with Crippen LogP contribution >= 0.6 is 11.6 Å². The fraction of sp³-hybridized carbons (Fsp3) is 0.333. The number of carboxylic acid groups (broad SMARTS) is 1. The molecule has 5 heteroatoms. The average Bonchev–Trinajstić information content (AvgIpc) is 2.19. The number of hydrogen-bond donors (Lipinski definition) is 2. The first-order valence-corrected chi connectivity index (χ1v) is 5.58. The van der Waals surface area contributed by atoms with Gasteiger partial charge in [-0.1, -0.05) is 23.7 Å². The smallest absolute Gasteiger partial charge is 0.305 e. The number of rotatable bonds is 5. The molecule has 0 aliphatic heterocycles. The van der Waals surface area contributed by atoms with Crippen molar-refractivity contribution in [2.75, 3.05) is 0 Å². The molecule has 92 valence electrons. The molecule has 0 saturated carbocycles. The van der Waals surface area contributed by atoms with E-state index in [4.69, 9.17) is 16.7 Å². The van der Waals surface area contributed by atoms with Crippen molar-refractivity contribution in [1.82, 2.24) is 5.32 Å². The summed E-state index contributed by atoms with van der Waals surface area (Å²) in [6.45, 7) is 1.37. The molecule has 0 aliphatic rings. The maximum absolute atomic E-state index is 11.0. The number of amides is 1. The van der Waals surface area contributed by atoms with Gasteiger partial charge in [0, 0.05) is 18.0 Å². The van der Waals surface area contributed by atoms with Crippen LogP contribution in [0.15, 0.2) is 24.3 Å². The maximum Gasteiger partial charge on any atom is 0.305 e. The minimum atomic E-state index is -0.933. The van der Waals surface area contributed by atoms with E-state index in [9.17, 15) is 9.59 Å². The molecule has 2 N–H and O–H groups in total. The van der Waals surface area contributed by atoms with Crippen molar-refractivity contribution in [3.63, 3.8) is 0 Å². The van der Waals surface area contributed by atoms with Crippen LogP contribution < -0.4 is 5.32 Å².